The van der Waals surface area contributed by atoms with Crippen molar-refractivity contribution < 1.29 is 19.4 Å². The lowest BCUT2D eigenvalue weighted by molar-refractivity contribution is -0.138. The number of aliphatic hydroxyl groups excluding tert-OH is 1. The molecule has 4 heteroatoms. The number of allylic oxidation sites excluding steroid dienone is 3. The van der Waals surface area contributed by atoms with E-state index in [1.807, 2.05) is 6.92 Å². The molecule has 25 heavy (non-hydrogen) atoms. The van der Waals surface area contributed by atoms with Crippen LogP contribution in [0, 0.1) is 22.7 Å². The fourth-order valence-corrected chi connectivity index (χ4v) is 5.27. The molecule has 0 saturated heterocycles. The Balaban J connectivity index is 2.08. The molecule has 0 amide bonds. The second-order valence-electron chi connectivity index (χ2n) is 8.88. The van der Waals surface area contributed by atoms with Crippen LogP contribution in [-0.4, -0.2) is 23.0 Å². The van der Waals surface area contributed by atoms with Gasteiger partial charge in [-0.25, -0.2) is 0 Å². The van der Waals surface area contributed by atoms with Gasteiger partial charge in [-0.05, 0) is 49.4 Å². The van der Waals surface area contributed by atoms with Crippen LogP contribution in [0.15, 0.2) is 23.0 Å². The minimum absolute atomic E-state index is 0.0120. The van der Waals surface area contributed by atoms with E-state index in [0.717, 1.165) is 25.7 Å². The summed E-state index contributed by atoms with van der Waals surface area (Å²) >= 11 is 0. The Hall–Kier alpha value is -1.42. The first-order chi connectivity index (χ1) is 11.6. The van der Waals surface area contributed by atoms with Gasteiger partial charge in [0, 0.05) is 18.4 Å². The van der Waals surface area contributed by atoms with Crippen LogP contribution in [0.2, 0.25) is 0 Å². The monoisotopic (exact) mass is 346 g/mol. The maximum Gasteiger partial charge on any atom is 0.307 e. The number of ketones is 1. The molecule has 3 rings (SSSR count). The average Bonchev–Trinajstić information content (AvgIpc) is 2.83. The SMILES string of the molecule is CC(=O)OC1=CC(=O)[C@]2(C)CC[C@@]3(C)CCC(C(C)C)=C3[C@H]2C[C@H]1O. The number of carbonyl (C=O) groups excluding carboxylic acids is 2. The van der Waals surface area contributed by atoms with E-state index in [1.165, 1.54) is 24.1 Å². The minimum atomic E-state index is -0.913. The summed E-state index contributed by atoms with van der Waals surface area (Å²) in [5.41, 5.74) is 2.48. The smallest absolute Gasteiger partial charge is 0.307 e. The molecular formula is C21H30O4. The topological polar surface area (TPSA) is 63.6 Å². The van der Waals surface area contributed by atoms with E-state index in [1.54, 1.807) is 0 Å². The van der Waals surface area contributed by atoms with E-state index in [9.17, 15) is 14.7 Å². The van der Waals surface area contributed by atoms with E-state index in [4.69, 9.17) is 4.74 Å². The first-order valence-corrected chi connectivity index (χ1v) is 9.44. The summed E-state index contributed by atoms with van der Waals surface area (Å²) in [4.78, 5) is 24.4. The second-order valence-corrected chi connectivity index (χ2v) is 8.88. The van der Waals surface area contributed by atoms with Crippen LogP contribution in [0.4, 0.5) is 0 Å². The summed E-state index contributed by atoms with van der Waals surface area (Å²) < 4.78 is 5.15. The van der Waals surface area contributed by atoms with E-state index < -0.39 is 17.5 Å². The van der Waals surface area contributed by atoms with Crippen molar-refractivity contribution in [1.82, 2.24) is 0 Å². The van der Waals surface area contributed by atoms with Gasteiger partial charge in [-0.15, -0.1) is 0 Å². The van der Waals surface area contributed by atoms with Crippen LogP contribution in [0.3, 0.4) is 0 Å². The zero-order valence-corrected chi connectivity index (χ0v) is 16.0. The van der Waals surface area contributed by atoms with Crippen LogP contribution in [0.25, 0.3) is 0 Å². The van der Waals surface area contributed by atoms with Crippen molar-refractivity contribution >= 4 is 11.8 Å². The lowest BCUT2D eigenvalue weighted by Gasteiger charge is -2.48. The quantitative estimate of drug-likeness (QED) is 0.608. The largest absolute Gasteiger partial charge is 0.428 e. The number of carbonyl (C=O) groups is 2. The van der Waals surface area contributed by atoms with Crippen LogP contribution in [0.1, 0.15) is 66.7 Å². The molecular weight excluding hydrogens is 316 g/mol. The van der Waals surface area contributed by atoms with Gasteiger partial charge < -0.3 is 9.84 Å². The molecule has 0 radical (unpaired) electrons. The van der Waals surface area contributed by atoms with Gasteiger partial charge >= 0.3 is 5.97 Å². The standard InChI is InChI=1S/C21H30O4/c1-12(2)14-6-7-20(4)8-9-21(5)15(19(14)20)10-16(23)17(11-18(21)24)25-13(3)22/h11-12,15-16,23H,6-10H2,1-5H3/t15-,16-,20-,21-/m1/s1. The van der Waals surface area contributed by atoms with Crippen molar-refractivity contribution in [1.29, 1.82) is 0 Å². The molecule has 0 aromatic carbocycles. The highest BCUT2D eigenvalue weighted by atomic mass is 16.5. The van der Waals surface area contributed by atoms with Crippen molar-refractivity contribution in [3.63, 3.8) is 0 Å². The Morgan fingerprint density at radius 2 is 1.96 bits per heavy atom. The Morgan fingerprint density at radius 3 is 2.56 bits per heavy atom. The van der Waals surface area contributed by atoms with Crippen LogP contribution >= 0.6 is 0 Å². The van der Waals surface area contributed by atoms with Crippen molar-refractivity contribution in [2.75, 3.05) is 0 Å². The van der Waals surface area contributed by atoms with Crippen LogP contribution in [0.5, 0.6) is 0 Å². The van der Waals surface area contributed by atoms with Gasteiger partial charge in [-0.1, -0.05) is 38.8 Å². The van der Waals surface area contributed by atoms with Gasteiger partial charge in [0.25, 0.3) is 0 Å². The maximum atomic E-state index is 13.1. The first-order valence-electron chi connectivity index (χ1n) is 9.44. The minimum Gasteiger partial charge on any atom is -0.428 e. The number of rotatable bonds is 2. The van der Waals surface area contributed by atoms with Crippen LogP contribution in [-0.2, 0) is 14.3 Å². The third kappa shape index (κ3) is 2.88. The van der Waals surface area contributed by atoms with Gasteiger partial charge in [0.1, 0.15) is 11.9 Å². The van der Waals surface area contributed by atoms with Crippen molar-refractivity contribution in [3.8, 4) is 0 Å². The number of ether oxygens (including phenoxy) is 1. The molecule has 1 fully saturated rings. The predicted octanol–water partition coefficient (Wildman–Crippen LogP) is 3.94. The molecule has 3 aliphatic rings. The molecule has 0 heterocycles. The van der Waals surface area contributed by atoms with Crippen molar-refractivity contribution in [2.45, 2.75) is 72.8 Å². The first kappa shape index (κ1) is 18.4. The molecule has 0 unspecified atom stereocenters. The highest BCUT2D eigenvalue weighted by Gasteiger charge is 2.55. The molecule has 3 aliphatic carbocycles. The summed E-state index contributed by atoms with van der Waals surface area (Å²) in [7, 11) is 0. The van der Waals surface area contributed by atoms with E-state index >= 15 is 0 Å². The fourth-order valence-electron chi connectivity index (χ4n) is 5.27. The number of esters is 1. The fraction of sp³-hybridized carbons (Fsp3) is 0.714. The molecule has 1 saturated carbocycles. The van der Waals surface area contributed by atoms with Gasteiger partial charge in [0.05, 0.1) is 0 Å². The Labute approximate surface area is 150 Å². The van der Waals surface area contributed by atoms with E-state index in [0.29, 0.717) is 12.3 Å². The van der Waals surface area contributed by atoms with Crippen molar-refractivity contribution in [3.05, 3.63) is 23.0 Å². The molecule has 0 aromatic rings. The van der Waals surface area contributed by atoms with Crippen LogP contribution < -0.4 is 0 Å². The Bertz CT molecular complexity index is 671. The molecule has 1 N–H and O–H groups in total. The van der Waals surface area contributed by atoms with E-state index in [2.05, 4.69) is 20.8 Å². The number of aliphatic hydroxyl groups is 1. The molecule has 0 spiro atoms. The normalized spacial score (nSPS) is 38.2. The summed E-state index contributed by atoms with van der Waals surface area (Å²) in [5.74, 6) is 0.0591. The summed E-state index contributed by atoms with van der Waals surface area (Å²) in [6.07, 6.45) is 4.95. The lowest BCUT2D eigenvalue weighted by atomic mass is 9.54. The Morgan fingerprint density at radius 1 is 1.28 bits per heavy atom. The summed E-state index contributed by atoms with van der Waals surface area (Å²) in [6, 6.07) is 0. The third-order valence-corrected chi connectivity index (χ3v) is 6.84. The molecule has 138 valence electrons. The Kier molecular flexibility index (Phi) is 4.47. The highest BCUT2D eigenvalue weighted by molar-refractivity contribution is 5.96. The molecule has 0 bridgehead atoms. The highest BCUT2D eigenvalue weighted by Crippen LogP contribution is 2.62. The van der Waals surface area contributed by atoms with E-state index in [-0.39, 0.29) is 22.9 Å². The average molecular weight is 346 g/mol. The van der Waals surface area contributed by atoms with Gasteiger partial charge in [-0.3, -0.25) is 9.59 Å². The molecule has 0 aliphatic heterocycles. The maximum absolute atomic E-state index is 13.1. The third-order valence-electron chi connectivity index (χ3n) is 6.84. The van der Waals surface area contributed by atoms with Gasteiger partial charge in [0.15, 0.2) is 5.78 Å². The number of fused-ring (bicyclic) bond motifs is 3. The summed E-state index contributed by atoms with van der Waals surface area (Å²) in [6.45, 7) is 10.1. The number of hydrogen-bond acceptors (Lipinski definition) is 4. The number of hydrogen-bond donors (Lipinski definition) is 1. The molecule has 4 nitrogen and oxygen atoms in total. The predicted molar refractivity (Wildman–Crippen MR) is 95.5 cm³/mol. The van der Waals surface area contributed by atoms with Gasteiger partial charge in [-0.2, -0.15) is 0 Å². The molecule has 0 aromatic heterocycles. The summed E-state index contributed by atoms with van der Waals surface area (Å²) in [5, 5.41) is 10.7. The second kappa shape index (κ2) is 6.08. The lowest BCUT2D eigenvalue weighted by Crippen LogP contribution is -2.44. The van der Waals surface area contributed by atoms with Gasteiger partial charge in [0.2, 0.25) is 0 Å². The molecule has 4 atom stereocenters. The van der Waals surface area contributed by atoms with Crippen molar-refractivity contribution in [2.24, 2.45) is 22.7 Å². The zero-order valence-electron chi connectivity index (χ0n) is 16.0. The zero-order chi connectivity index (χ0) is 18.6.